The van der Waals surface area contributed by atoms with Gasteiger partial charge in [0.25, 0.3) is 0 Å². The third-order valence-electron chi connectivity index (χ3n) is 3.34. The first kappa shape index (κ1) is 16.7. The molecule has 0 bridgehead atoms. The van der Waals surface area contributed by atoms with Crippen LogP contribution in [0, 0.1) is 6.92 Å². The molecular formula is C18H21N3O2. The highest BCUT2D eigenvalue weighted by molar-refractivity contribution is 6.43. The first-order valence-corrected chi connectivity index (χ1v) is 7.42. The minimum Gasteiger partial charge on any atom is -0.317 e. The second-order valence-electron chi connectivity index (χ2n) is 6.42. The molecule has 0 saturated carbocycles. The largest absolute Gasteiger partial charge is 0.317 e. The number of amides is 2. The molecule has 1 aromatic heterocycles. The number of pyridine rings is 1. The molecular weight excluding hydrogens is 290 g/mol. The van der Waals surface area contributed by atoms with Crippen LogP contribution in [0.15, 0.2) is 42.6 Å². The molecule has 2 N–H and O–H groups in total. The molecule has 0 saturated heterocycles. The van der Waals surface area contributed by atoms with E-state index in [0.717, 1.165) is 11.1 Å². The number of benzene rings is 1. The Hall–Kier alpha value is -2.69. The van der Waals surface area contributed by atoms with Crippen LogP contribution in [0.1, 0.15) is 31.9 Å². The number of carbonyl (C=O) groups excluding carboxylic acids is 2. The topological polar surface area (TPSA) is 71.1 Å². The van der Waals surface area contributed by atoms with E-state index in [1.54, 1.807) is 18.3 Å². The zero-order valence-electron chi connectivity index (χ0n) is 13.8. The Morgan fingerprint density at radius 1 is 0.957 bits per heavy atom. The van der Waals surface area contributed by atoms with Gasteiger partial charge in [0, 0.05) is 11.9 Å². The maximum Gasteiger partial charge on any atom is 0.315 e. The molecule has 0 radical (unpaired) electrons. The minimum atomic E-state index is -0.745. The minimum absolute atomic E-state index is 0.140. The average molecular weight is 311 g/mol. The lowest BCUT2D eigenvalue weighted by molar-refractivity contribution is -0.133. The van der Waals surface area contributed by atoms with Crippen LogP contribution in [-0.2, 0) is 15.0 Å². The summed E-state index contributed by atoms with van der Waals surface area (Å²) in [6.07, 6.45) is 1.63. The predicted molar refractivity (Wildman–Crippen MR) is 91.4 cm³/mol. The molecule has 0 aliphatic carbocycles. The lowest BCUT2D eigenvalue weighted by atomic mass is 9.86. The van der Waals surface area contributed by atoms with Gasteiger partial charge >= 0.3 is 11.8 Å². The summed E-state index contributed by atoms with van der Waals surface area (Å²) in [5.41, 5.74) is 2.44. The van der Waals surface area contributed by atoms with Gasteiger partial charge in [-0.25, -0.2) is 4.98 Å². The second kappa shape index (κ2) is 6.60. The number of hydrogen-bond acceptors (Lipinski definition) is 3. The lowest BCUT2D eigenvalue weighted by Crippen LogP contribution is -2.30. The fourth-order valence-corrected chi connectivity index (χ4v) is 2.14. The fourth-order valence-electron chi connectivity index (χ4n) is 2.14. The third-order valence-corrected chi connectivity index (χ3v) is 3.34. The van der Waals surface area contributed by atoms with Gasteiger partial charge in [0.15, 0.2) is 0 Å². The maximum absolute atomic E-state index is 12.1. The predicted octanol–water partition coefficient (Wildman–Crippen LogP) is 3.26. The van der Waals surface area contributed by atoms with Gasteiger partial charge in [0.05, 0.1) is 0 Å². The van der Waals surface area contributed by atoms with E-state index in [-0.39, 0.29) is 5.41 Å². The highest BCUT2D eigenvalue weighted by atomic mass is 16.2. The van der Waals surface area contributed by atoms with Crippen molar-refractivity contribution in [2.75, 3.05) is 10.6 Å². The van der Waals surface area contributed by atoms with Crippen molar-refractivity contribution < 1.29 is 9.59 Å². The van der Waals surface area contributed by atoms with Crippen molar-refractivity contribution in [1.82, 2.24) is 4.98 Å². The van der Waals surface area contributed by atoms with Crippen LogP contribution in [0.4, 0.5) is 11.5 Å². The van der Waals surface area contributed by atoms with Gasteiger partial charge in [0.2, 0.25) is 0 Å². The maximum atomic E-state index is 12.1. The van der Waals surface area contributed by atoms with Crippen LogP contribution in [0.3, 0.4) is 0 Å². The number of anilines is 2. The van der Waals surface area contributed by atoms with Crippen LogP contribution < -0.4 is 10.6 Å². The SMILES string of the molecule is Cc1ccc(NC(=O)C(=O)Nc2ccccc2C(C)(C)C)nc1. The molecule has 0 atom stereocenters. The second-order valence-corrected chi connectivity index (χ2v) is 6.42. The molecule has 5 heteroatoms. The highest BCUT2D eigenvalue weighted by Crippen LogP contribution is 2.29. The van der Waals surface area contributed by atoms with Crippen LogP contribution in [0.5, 0.6) is 0 Å². The van der Waals surface area contributed by atoms with E-state index in [4.69, 9.17) is 0 Å². The monoisotopic (exact) mass is 311 g/mol. The number of aryl methyl sites for hydroxylation is 1. The van der Waals surface area contributed by atoms with Crippen molar-refractivity contribution in [3.63, 3.8) is 0 Å². The molecule has 1 aromatic carbocycles. The van der Waals surface area contributed by atoms with Crippen LogP contribution in [-0.4, -0.2) is 16.8 Å². The van der Waals surface area contributed by atoms with E-state index in [9.17, 15) is 9.59 Å². The summed E-state index contributed by atoms with van der Waals surface area (Å²) in [6.45, 7) is 8.05. The molecule has 5 nitrogen and oxygen atoms in total. The Morgan fingerprint density at radius 3 is 2.22 bits per heavy atom. The quantitative estimate of drug-likeness (QED) is 0.836. The number of rotatable bonds is 2. The van der Waals surface area contributed by atoms with E-state index in [2.05, 4.69) is 15.6 Å². The van der Waals surface area contributed by atoms with E-state index in [1.807, 2.05) is 52.0 Å². The Labute approximate surface area is 136 Å². The van der Waals surface area contributed by atoms with Crippen molar-refractivity contribution in [3.05, 3.63) is 53.7 Å². The van der Waals surface area contributed by atoms with Crippen molar-refractivity contribution in [2.45, 2.75) is 33.1 Å². The number of nitrogens with zero attached hydrogens (tertiary/aromatic N) is 1. The zero-order valence-corrected chi connectivity index (χ0v) is 13.8. The molecule has 0 fully saturated rings. The number of aromatic nitrogens is 1. The Bertz CT molecular complexity index is 716. The van der Waals surface area contributed by atoms with Gasteiger partial charge in [0.1, 0.15) is 5.82 Å². The van der Waals surface area contributed by atoms with Gasteiger partial charge in [-0.15, -0.1) is 0 Å². The van der Waals surface area contributed by atoms with Crippen molar-refractivity contribution in [2.24, 2.45) is 0 Å². The molecule has 23 heavy (non-hydrogen) atoms. The molecule has 120 valence electrons. The van der Waals surface area contributed by atoms with Gasteiger partial charge in [-0.1, -0.05) is 45.0 Å². The standard InChI is InChI=1S/C18H21N3O2/c1-12-9-10-15(19-11-12)21-17(23)16(22)20-14-8-6-5-7-13(14)18(2,3)4/h5-11H,1-4H3,(H,20,22)(H,19,21,23). The van der Waals surface area contributed by atoms with Crippen molar-refractivity contribution in [1.29, 1.82) is 0 Å². The highest BCUT2D eigenvalue weighted by Gasteiger charge is 2.21. The van der Waals surface area contributed by atoms with Gasteiger partial charge in [-0.3, -0.25) is 9.59 Å². The molecule has 2 amide bonds. The first-order chi connectivity index (χ1) is 10.8. The third kappa shape index (κ3) is 4.39. The molecule has 0 aliphatic rings. The molecule has 0 spiro atoms. The van der Waals surface area contributed by atoms with E-state index in [1.165, 1.54) is 0 Å². The molecule has 1 heterocycles. The smallest absolute Gasteiger partial charge is 0.315 e. The van der Waals surface area contributed by atoms with E-state index in [0.29, 0.717) is 11.5 Å². The lowest BCUT2D eigenvalue weighted by Gasteiger charge is -2.22. The van der Waals surface area contributed by atoms with E-state index < -0.39 is 11.8 Å². The summed E-state index contributed by atoms with van der Waals surface area (Å²) >= 11 is 0. The molecule has 0 unspecified atom stereocenters. The summed E-state index contributed by atoms with van der Waals surface area (Å²) in [6, 6.07) is 10.9. The molecule has 2 rings (SSSR count). The Morgan fingerprint density at radius 2 is 1.61 bits per heavy atom. The summed E-state index contributed by atoms with van der Waals surface area (Å²) in [4.78, 5) is 28.2. The first-order valence-electron chi connectivity index (χ1n) is 7.42. The fraction of sp³-hybridized carbons (Fsp3) is 0.278. The van der Waals surface area contributed by atoms with Crippen molar-refractivity contribution in [3.8, 4) is 0 Å². The number of hydrogen-bond donors (Lipinski definition) is 2. The summed E-state index contributed by atoms with van der Waals surface area (Å²) in [5, 5.41) is 5.15. The van der Waals surface area contributed by atoms with Gasteiger partial charge in [-0.2, -0.15) is 0 Å². The van der Waals surface area contributed by atoms with Gasteiger partial charge in [-0.05, 0) is 35.6 Å². The summed E-state index contributed by atoms with van der Waals surface area (Å²) < 4.78 is 0. The van der Waals surface area contributed by atoms with Gasteiger partial charge < -0.3 is 10.6 Å². The Kier molecular flexibility index (Phi) is 4.79. The Balaban J connectivity index is 2.10. The average Bonchev–Trinajstić information content (AvgIpc) is 2.49. The zero-order chi connectivity index (χ0) is 17.0. The van der Waals surface area contributed by atoms with Crippen LogP contribution in [0.2, 0.25) is 0 Å². The molecule has 2 aromatic rings. The molecule has 0 aliphatic heterocycles. The normalized spacial score (nSPS) is 11.0. The summed E-state index contributed by atoms with van der Waals surface area (Å²) in [5.74, 6) is -1.12. The van der Waals surface area contributed by atoms with E-state index >= 15 is 0 Å². The number of carbonyl (C=O) groups is 2. The van der Waals surface area contributed by atoms with Crippen LogP contribution >= 0.6 is 0 Å². The van der Waals surface area contributed by atoms with Crippen molar-refractivity contribution >= 4 is 23.3 Å². The number of nitrogens with one attached hydrogen (secondary N) is 2. The van der Waals surface area contributed by atoms with Crippen LogP contribution in [0.25, 0.3) is 0 Å². The summed E-state index contributed by atoms with van der Waals surface area (Å²) in [7, 11) is 0. The number of para-hydroxylation sites is 1.